The topological polar surface area (TPSA) is 202 Å². The van der Waals surface area contributed by atoms with E-state index in [1.165, 1.54) is 186 Å². The van der Waals surface area contributed by atoms with Crippen LogP contribution >= 0.6 is 0 Å². The van der Waals surface area contributed by atoms with Crippen LogP contribution in [0.2, 0.25) is 3.67 Å². The Balaban J connectivity index is -0.000000204. The van der Waals surface area contributed by atoms with E-state index in [1.54, 1.807) is 0 Å². The van der Waals surface area contributed by atoms with Crippen LogP contribution in [0.1, 0.15) is 213 Å². The molecule has 0 saturated carbocycles. The maximum absolute atomic E-state index is 10.2. The van der Waals surface area contributed by atoms with Crippen LogP contribution < -0.4 is 0 Å². The summed E-state index contributed by atoms with van der Waals surface area (Å²) in [5.41, 5.74) is 0. The van der Waals surface area contributed by atoms with Crippen LogP contribution in [-0.4, -0.2) is 114 Å². The summed E-state index contributed by atoms with van der Waals surface area (Å²) in [6.07, 6.45) is 38.4. The molecule has 4 N–H and O–H groups in total. The number of unbranched alkanes of at least 4 members (excludes halogenated alkanes) is 27. The van der Waals surface area contributed by atoms with Crippen molar-refractivity contribution in [2.24, 2.45) is 0 Å². The van der Waals surface area contributed by atoms with Gasteiger partial charge in [-0.15, -0.1) is 0 Å². The minimum atomic E-state index is -4.67. The molecule has 0 fully saturated rings. The third kappa shape index (κ3) is 91.0. The molecule has 0 aliphatic heterocycles. The molecule has 0 bridgehead atoms. The molecule has 53 heavy (non-hydrogen) atoms. The monoisotopic (exact) mass is 846 g/mol. The van der Waals surface area contributed by atoms with Crippen LogP contribution in [0, 0.1) is 0 Å². The minimum absolute atomic E-state index is 0. The zero-order valence-electron chi connectivity index (χ0n) is 33.6. The van der Waals surface area contributed by atoms with Gasteiger partial charge in [-0.1, -0.05) is 129 Å². The van der Waals surface area contributed by atoms with Crippen LogP contribution in [-0.2, 0) is 39.6 Å². The van der Waals surface area contributed by atoms with Gasteiger partial charge in [-0.25, -0.2) is 8.37 Å². The van der Waals surface area contributed by atoms with Gasteiger partial charge in [0.05, 0.1) is 13.2 Å². The molecule has 0 aromatic heterocycles. The molecule has 0 aromatic rings. The standard InChI is InChI=1S/2C12H26O4S.C12H25.2Na.H2O4S.H/c2*1-2-3-4-5-6-7-8-9-10-11-12-16-17(13,14)15;1-3-5-7-9-11-12-10-8-6-4-2;;;1-5(2,3)4;/h2*2-12H2,1H3,(H,13,14,15);1,3-12H2,2H3;;;(H2,1,2,3,4);. The van der Waals surface area contributed by atoms with Gasteiger partial charge >= 0.3 is 163 Å². The van der Waals surface area contributed by atoms with Gasteiger partial charge in [-0.3, -0.25) is 18.2 Å². The first-order chi connectivity index (χ1) is 24.5. The number of hydrogen-bond acceptors (Lipinski definition) is 8. The van der Waals surface area contributed by atoms with Crippen molar-refractivity contribution in [3.63, 3.8) is 0 Å². The Kier molecular flexibility index (Phi) is 59.9. The van der Waals surface area contributed by atoms with Crippen molar-refractivity contribution in [1.82, 2.24) is 0 Å². The van der Waals surface area contributed by atoms with Crippen LogP contribution in [0.15, 0.2) is 0 Å². The van der Waals surface area contributed by atoms with E-state index >= 15 is 0 Å². The Labute approximate surface area is 367 Å². The predicted octanol–water partition coefficient (Wildman–Crippen LogP) is 10.6. The fourth-order valence-electron chi connectivity index (χ4n) is 5.24. The van der Waals surface area contributed by atoms with E-state index in [9.17, 15) is 16.8 Å². The van der Waals surface area contributed by atoms with Crippen molar-refractivity contribution in [3.05, 3.63) is 0 Å². The van der Waals surface area contributed by atoms with E-state index in [2.05, 4.69) is 29.1 Å². The van der Waals surface area contributed by atoms with E-state index in [0.717, 1.165) is 25.7 Å². The maximum atomic E-state index is 10.2. The second kappa shape index (κ2) is 49.8. The van der Waals surface area contributed by atoms with Crippen molar-refractivity contribution in [2.45, 2.75) is 217 Å². The van der Waals surface area contributed by atoms with Gasteiger partial charge in [0.15, 0.2) is 0 Å². The molecular weight excluding hydrogens is 767 g/mol. The summed E-state index contributed by atoms with van der Waals surface area (Å²) in [7, 11) is -13.1. The Morgan fingerprint density at radius 2 is 0.528 bits per heavy atom. The molecule has 0 rings (SSSR count). The molecule has 0 spiro atoms. The Hall–Kier alpha value is 1.61. The van der Waals surface area contributed by atoms with Crippen LogP contribution in [0.25, 0.3) is 0 Å². The summed E-state index contributed by atoms with van der Waals surface area (Å²) in [5.74, 6) is 0. The summed E-state index contributed by atoms with van der Waals surface area (Å²) in [6.45, 7) is 6.90. The first-order valence-electron chi connectivity index (χ1n) is 20.5. The Bertz CT molecular complexity index is 929. The van der Waals surface area contributed by atoms with Gasteiger partial charge in [0.25, 0.3) is 0 Å². The van der Waals surface area contributed by atoms with Crippen LogP contribution in [0.4, 0.5) is 0 Å². The third-order valence-electron chi connectivity index (χ3n) is 8.17. The van der Waals surface area contributed by atoms with Gasteiger partial charge in [-0.2, -0.15) is 25.3 Å². The molecule has 316 valence electrons. The van der Waals surface area contributed by atoms with Crippen molar-refractivity contribution in [3.8, 4) is 0 Å². The molecule has 0 saturated heterocycles. The zero-order chi connectivity index (χ0) is 40.2. The molecule has 0 heterocycles. The van der Waals surface area contributed by atoms with E-state index < -0.39 is 31.2 Å². The van der Waals surface area contributed by atoms with Crippen molar-refractivity contribution < 1.29 is 51.8 Å². The first-order valence-corrected chi connectivity index (χ1v) is 26.0. The van der Waals surface area contributed by atoms with Gasteiger partial charge in [0.1, 0.15) is 0 Å². The van der Waals surface area contributed by atoms with Gasteiger partial charge < -0.3 is 0 Å². The molecule has 0 radical (unpaired) electrons. The van der Waals surface area contributed by atoms with Crippen LogP contribution in [0.5, 0.6) is 0 Å². The van der Waals surface area contributed by atoms with Crippen molar-refractivity contribution in [1.29, 1.82) is 0 Å². The molecule has 0 aliphatic rings. The zero-order valence-corrected chi connectivity index (χ0v) is 38.1. The molecule has 0 atom stereocenters. The summed E-state index contributed by atoms with van der Waals surface area (Å²) in [6, 6.07) is 0. The van der Waals surface area contributed by atoms with Crippen molar-refractivity contribution in [2.75, 3.05) is 13.2 Å². The SMILES string of the molecule is CCCCCCCCCCCCOS(=O)(=O)O.CCCCCCCCCCCCOS(=O)(=O)O.CCCCCCCCCCC[CH2][Na].O=S(=O)(O)O.[NaH]. The summed E-state index contributed by atoms with van der Waals surface area (Å²) >= 11 is 1.41. The van der Waals surface area contributed by atoms with Gasteiger partial charge in [0.2, 0.25) is 0 Å². The quantitative estimate of drug-likeness (QED) is 0.0272. The molecule has 0 aromatic carbocycles. The summed E-state index contributed by atoms with van der Waals surface area (Å²) in [4.78, 5) is 0. The van der Waals surface area contributed by atoms with Crippen molar-refractivity contribution >= 4 is 88.7 Å². The Morgan fingerprint density at radius 3 is 0.698 bits per heavy atom. The molecule has 17 heteroatoms. The summed E-state index contributed by atoms with van der Waals surface area (Å²) in [5, 5.41) is 0. The fourth-order valence-corrected chi connectivity index (χ4v) is 6.40. The summed E-state index contributed by atoms with van der Waals surface area (Å²) < 4.78 is 99.1. The fraction of sp³-hybridized carbons (Fsp3) is 1.00. The van der Waals surface area contributed by atoms with Gasteiger partial charge in [0, 0.05) is 0 Å². The second-order valence-corrected chi connectivity index (χ2v) is 17.6. The number of hydrogen-bond donors (Lipinski definition) is 4. The van der Waals surface area contributed by atoms with Crippen LogP contribution in [0.3, 0.4) is 0 Å². The van der Waals surface area contributed by atoms with E-state index in [-0.39, 0.29) is 42.8 Å². The molecule has 12 nitrogen and oxygen atoms in total. The molecule has 0 amide bonds. The van der Waals surface area contributed by atoms with Gasteiger partial charge in [-0.05, 0) is 12.8 Å². The van der Waals surface area contributed by atoms with E-state index in [1.807, 2.05) is 0 Å². The average Bonchev–Trinajstić information content (AvgIpc) is 3.04. The second-order valence-electron chi connectivity index (χ2n) is 13.5. The third-order valence-corrected chi connectivity index (χ3v) is 9.80. The predicted molar refractivity (Wildman–Crippen MR) is 222 cm³/mol. The first kappa shape index (κ1) is 63.8. The average molecular weight is 847 g/mol. The Morgan fingerprint density at radius 1 is 0.358 bits per heavy atom. The number of rotatable bonds is 34. The molecular formula is C36H80Na2O12S3. The normalized spacial score (nSPS) is 11.3. The van der Waals surface area contributed by atoms with E-state index in [0.29, 0.717) is 12.8 Å². The molecule has 0 unspecified atom stereocenters. The van der Waals surface area contributed by atoms with E-state index in [4.69, 9.17) is 26.6 Å². The molecule has 0 aliphatic carbocycles.